The molecule has 0 aliphatic carbocycles. The lowest BCUT2D eigenvalue weighted by Gasteiger charge is -2.32. The molecule has 1 aromatic carbocycles. The molecule has 0 fully saturated rings. The van der Waals surface area contributed by atoms with Gasteiger partial charge in [0.05, 0.1) is 35.7 Å². The molecule has 0 saturated heterocycles. The molecule has 1 aromatic heterocycles. The van der Waals surface area contributed by atoms with Crippen LogP contribution in [0.5, 0.6) is 0 Å². The molecule has 3 rings (SSSR count). The molecule has 2 aromatic rings. The number of nitrogens with zero attached hydrogens (tertiary/aromatic N) is 4. The maximum absolute atomic E-state index is 13.1. The number of hydrogen-bond donors (Lipinski definition) is 2. The number of rotatable bonds is 5. The topological polar surface area (TPSA) is 120 Å². The summed E-state index contributed by atoms with van der Waals surface area (Å²) in [4.78, 5) is 39.3. The second-order valence-electron chi connectivity index (χ2n) is 9.67. The maximum atomic E-state index is 13.1. The van der Waals surface area contributed by atoms with Gasteiger partial charge in [0.15, 0.2) is 0 Å². The van der Waals surface area contributed by atoms with Crippen LogP contribution in [0.3, 0.4) is 0 Å². The highest BCUT2D eigenvalue weighted by Crippen LogP contribution is 2.32. The average Bonchev–Trinajstić information content (AvgIpc) is 3.20. The lowest BCUT2D eigenvalue weighted by Crippen LogP contribution is -2.49. The molecule has 2 N–H and O–H groups in total. The summed E-state index contributed by atoms with van der Waals surface area (Å²) in [6.07, 6.45) is 0. The number of hydrogen-bond acceptors (Lipinski definition) is 5. The van der Waals surface area contributed by atoms with E-state index in [0.29, 0.717) is 34.7 Å². The Balaban J connectivity index is 1.92. The van der Waals surface area contributed by atoms with Crippen LogP contribution < -0.4 is 10.6 Å². The van der Waals surface area contributed by atoms with Gasteiger partial charge in [-0.2, -0.15) is 10.4 Å². The molecule has 0 saturated carbocycles. The first kappa shape index (κ1) is 24.0. The van der Waals surface area contributed by atoms with Gasteiger partial charge in [-0.3, -0.25) is 19.1 Å². The predicted molar refractivity (Wildman–Crippen MR) is 124 cm³/mol. The standard InChI is InChI=1S/C24H30N6O3/c1-14(2)21(31)27-18-9-16(11-25)7-8-17(18)19-10-20-22(32)29(12-15(3)30(20)28-19)13-26-23(33)24(4,5)6/h7-10,14-15H,12-13H2,1-6H3,(H,26,33)(H,27,31)/t15-/m0/s1. The van der Waals surface area contributed by atoms with E-state index in [4.69, 9.17) is 0 Å². The third kappa shape index (κ3) is 5.06. The Morgan fingerprint density at radius 2 is 1.97 bits per heavy atom. The molecule has 0 unspecified atom stereocenters. The summed E-state index contributed by atoms with van der Waals surface area (Å²) >= 11 is 0. The predicted octanol–water partition coefficient (Wildman–Crippen LogP) is 3.15. The summed E-state index contributed by atoms with van der Waals surface area (Å²) in [5, 5.41) is 19.6. The zero-order valence-corrected chi connectivity index (χ0v) is 19.9. The molecule has 9 nitrogen and oxygen atoms in total. The number of fused-ring (bicyclic) bond motifs is 1. The maximum Gasteiger partial charge on any atom is 0.273 e. The van der Waals surface area contributed by atoms with Crippen molar-refractivity contribution in [3.8, 4) is 17.3 Å². The minimum atomic E-state index is -0.550. The van der Waals surface area contributed by atoms with E-state index in [1.54, 1.807) is 47.7 Å². The fraction of sp³-hybridized carbons (Fsp3) is 0.458. The number of carbonyl (C=O) groups excluding carboxylic acids is 3. The molecule has 0 radical (unpaired) electrons. The van der Waals surface area contributed by atoms with Gasteiger partial charge in [-0.05, 0) is 31.2 Å². The number of aromatic nitrogens is 2. The molecule has 33 heavy (non-hydrogen) atoms. The molecule has 1 aliphatic heterocycles. The van der Waals surface area contributed by atoms with Crippen LogP contribution >= 0.6 is 0 Å². The van der Waals surface area contributed by atoms with Crippen LogP contribution in [0.25, 0.3) is 11.3 Å². The van der Waals surface area contributed by atoms with Crippen molar-refractivity contribution in [2.24, 2.45) is 11.3 Å². The summed E-state index contributed by atoms with van der Waals surface area (Å²) in [7, 11) is 0. The van der Waals surface area contributed by atoms with E-state index in [1.165, 1.54) is 0 Å². The van der Waals surface area contributed by atoms with Crippen molar-refractivity contribution in [1.29, 1.82) is 5.26 Å². The molecule has 1 atom stereocenters. The average molecular weight is 451 g/mol. The summed E-state index contributed by atoms with van der Waals surface area (Å²) in [6.45, 7) is 11.5. The largest absolute Gasteiger partial charge is 0.338 e. The van der Waals surface area contributed by atoms with Crippen LogP contribution in [0, 0.1) is 22.7 Å². The van der Waals surface area contributed by atoms with E-state index in [-0.39, 0.29) is 36.3 Å². The van der Waals surface area contributed by atoms with Crippen molar-refractivity contribution < 1.29 is 14.4 Å². The first-order valence-electron chi connectivity index (χ1n) is 10.9. The van der Waals surface area contributed by atoms with Gasteiger partial charge in [-0.25, -0.2) is 0 Å². The molecular weight excluding hydrogens is 420 g/mol. The second-order valence-corrected chi connectivity index (χ2v) is 9.67. The van der Waals surface area contributed by atoms with Gasteiger partial charge in [-0.1, -0.05) is 34.6 Å². The van der Waals surface area contributed by atoms with Gasteiger partial charge < -0.3 is 15.5 Å². The number of nitrogens with one attached hydrogen (secondary N) is 2. The molecule has 2 heterocycles. The van der Waals surface area contributed by atoms with Gasteiger partial charge in [0.25, 0.3) is 5.91 Å². The Labute approximate surface area is 193 Å². The Hall–Kier alpha value is -3.67. The highest BCUT2D eigenvalue weighted by molar-refractivity contribution is 5.98. The third-order valence-corrected chi connectivity index (χ3v) is 5.46. The lowest BCUT2D eigenvalue weighted by molar-refractivity contribution is -0.129. The van der Waals surface area contributed by atoms with E-state index in [2.05, 4.69) is 21.8 Å². The van der Waals surface area contributed by atoms with Crippen molar-refractivity contribution in [3.63, 3.8) is 0 Å². The monoisotopic (exact) mass is 450 g/mol. The van der Waals surface area contributed by atoms with Crippen LogP contribution in [0.15, 0.2) is 24.3 Å². The first-order valence-corrected chi connectivity index (χ1v) is 10.9. The SMILES string of the molecule is CC(C)C(=O)Nc1cc(C#N)ccc1-c1cc2n(n1)[C@@H](C)CN(CNC(=O)C(C)(C)C)C2=O. The molecule has 9 heteroatoms. The minimum absolute atomic E-state index is 0.106. The second kappa shape index (κ2) is 9.06. The summed E-state index contributed by atoms with van der Waals surface area (Å²) < 4.78 is 1.67. The normalized spacial score (nSPS) is 15.8. The Morgan fingerprint density at radius 1 is 1.27 bits per heavy atom. The Kier molecular flexibility index (Phi) is 6.58. The van der Waals surface area contributed by atoms with E-state index in [9.17, 15) is 19.6 Å². The highest BCUT2D eigenvalue weighted by atomic mass is 16.2. The zero-order valence-electron chi connectivity index (χ0n) is 19.9. The van der Waals surface area contributed by atoms with Crippen molar-refractivity contribution in [1.82, 2.24) is 20.0 Å². The van der Waals surface area contributed by atoms with E-state index >= 15 is 0 Å². The zero-order chi connectivity index (χ0) is 24.5. The molecule has 174 valence electrons. The Bertz CT molecular complexity index is 1140. The highest BCUT2D eigenvalue weighted by Gasteiger charge is 2.32. The molecule has 0 spiro atoms. The van der Waals surface area contributed by atoms with E-state index in [0.717, 1.165) is 0 Å². The fourth-order valence-electron chi connectivity index (χ4n) is 3.45. The van der Waals surface area contributed by atoms with Crippen molar-refractivity contribution in [3.05, 3.63) is 35.5 Å². The van der Waals surface area contributed by atoms with Crippen LogP contribution in [-0.4, -0.2) is 45.6 Å². The van der Waals surface area contributed by atoms with Crippen molar-refractivity contribution >= 4 is 23.4 Å². The third-order valence-electron chi connectivity index (χ3n) is 5.46. The van der Waals surface area contributed by atoms with E-state index in [1.807, 2.05) is 27.7 Å². The summed E-state index contributed by atoms with van der Waals surface area (Å²) in [5.41, 5.74) is 1.88. The van der Waals surface area contributed by atoms with Gasteiger partial charge >= 0.3 is 0 Å². The van der Waals surface area contributed by atoms with Crippen LogP contribution in [0.2, 0.25) is 0 Å². The van der Waals surface area contributed by atoms with Crippen molar-refractivity contribution in [2.75, 3.05) is 18.5 Å². The summed E-state index contributed by atoms with van der Waals surface area (Å²) in [6, 6.07) is 8.63. The van der Waals surface area contributed by atoms with Gasteiger partial charge in [0.1, 0.15) is 5.69 Å². The molecule has 3 amide bonds. The summed E-state index contributed by atoms with van der Waals surface area (Å²) in [5.74, 6) is -0.786. The number of amides is 3. The molecule has 0 bridgehead atoms. The van der Waals surface area contributed by atoms with Gasteiger partial charge in [0.2, 0.25) is 11.8 Å². The number of anilines is 1. The number of carbonyl (C=O) groups is 3. The van der Waals surface area contributed by atoms with Crippen LogP contribution in [-0.2, 0) is 9.59 Å². The van der Waals surface area contributed by atoms with Crippen LogP contribution in [0.4, 0.5) is 5.69 Å². The smallest absolute Gasteiger partial charge is 0.273 e. The number of nitriles is 1. The van der Waals surface area contributed by atoms with Crippen LogP contribution in [0.1, 0.15) is 63.6 Å². The molecule has 1 aliphatic rings. The number of benzene rings is 1. The minimum Gasteiger partial charge on any atom is -0.338 e. The van der Waals surface area contributed by atoms with E-state index < -0.39 is 5.41 Å². The quantitative estimate of drug-likeness (QED) is 0.725. The fourth-order valence-corrected chi connectivity index (χ4v) is 3.45. The van der Waals surface area contributed by atoms with Gasteiger partial charge in [0, 0.05) is 23.4 Å². The van der Waals surface area contributed by atoms with Crippen molar-refractivity contribution in [2.45, 2.75) is 47.6 Å². The lowest BCUT2D eigenvalue weighted by atomic mass is 9.96. The Morgan fingerprint density at radius 3 is 2.58 bits per heavy atom. The van der Waals surface area contributed by atoms with Gasteiger partial charge in [-0.15, -0.1) is 0 Å². The first-order chi connectivity index (χ1) is 15.4. The molecular formula is C24H30N6O3.